The fourth-order valence-electron chi connectivity index (χ4n) is 7.01. The second kappa shape index (κ2) is 13.9. The lowest BCUT2D eigenvalue weighted by Crippen LogP contribution is -2.56. The van der Waals surface area contributed by atoms with Gasteiger partial charge in [0.1, 0.15) is 17.6 Å². The van der Waals surface area contributed by atoms with Crippen LogP contribution in [0.2, 0.25) is 0 Å². The Bertz CT molecular complexity index is 892. The van der Waals surface area contributed by atoms with Crippen LogP contribution in [0.4, 0.5) is 0 Å². The summed E-state index contributed by atoms with van der Waals surface area (Å²) in [5, 5.41) is 9.25. The number of likely N-dealkylation sites (tertiary alicyclic amines) is 1. The first-order valence-electron chi connectivity index (χ1n) is 15.0. The SMILES string of the molecule is C=CCCCCOC(=O)[C@H]1[C@H]2C(=O)N(CCCCCO)C(C(=O)N(CC=C)CCCCC)C23CC(C)[C@]1(C)O3. The van der Waals surface area contributed by atoms with Gasteiger partial charge in [0.05, 0.1) is 18.1 Å². The molecule has 220 valence electrons. The predicted octanol–water partition coefficient (Wildman–Crippen LogP) is 4.26. The van der Waals surface area contributed by atoms with Gasteiger partial charge in [0.15, 0.2) is 0 Å². The summed E-state index contributed by atoms with van der Waals surface area (Å²) in [5.41, 5.74) is -1.93. The summed E-state index contributed by atoms with van der Waals surface area (Å²) in [4.78, 5) is 45.5. The van der Waals surface area contributed by atoms with Crippen LogP contribution < -0.4 is 0 Å². The van der Waals surface area contributed by atoms with Crippen molar-refractivity contribution in [1.82, 2.24) is 9.80 Å². The van der Waals surface area contributed by atoms with E-state index >= 15 is 0 Å². The summed E-state index contributed by atoms with van der Waals surface area (Å²) in [6, 6.07) is -0.791. The number of aliphatic hydroxyl groups is 1. The number of allylic oxidation sites excluding steroid dienone is 1. The minimum atomic E-state index is -1.06. The number of carbonyl (C=O) groups excluding carboxylic acids is 3. The number of carbonyl (C=O) groups is 3. The molecule has 2 bridgehead atoms. The third-order valence-electron chi connectivity index (χ3n) is 9.10. The second-order valence-corrected chi connectivity index (χ2v) is 11.8. The van der Waals surface area contributed by atoms with Gasteiger partial charge in [-0.3, -0.25) is 14.4 Å². The smallest absolute Gasteiger partial charge is 0.312 e. The molecule has 0 aromatic rings. The monoisotopic (exact) mass is 546 g/mol. The van der Waals surface area contributed by atoms with Gasteiger partial charge in [-0.05, 0) is 64.2 Å². The zero-order chi connectivity index (χ0) is 28.6. The van der Waals surface area contributed by atoms with Crippen LogP contribution in [0.15, 0.2) is 25.3 Å². The van der Waals surface area contributed by atoms with Gasteiger partial charge in [0.2, 0.25) is 11.8 Å². The number of rotatable bonds is 18. The van der Waals surface area contributed by atoms with E-state index in [-0.39, 0.29) is 24.3 Å². The first kappa shape index (κ1) is 31.3. The topological polar surface area (TPSA) is 96.4 Å². The predicted molar refractivity (Wildman–Crippen MR) is 151 cm³/mol. The van der Waals surface area contributed by atoms with E-state index in [0.29, 0.717) is 45.5 Å². The molecule has 3 rings (SSSR count). The molecule has 3 fully saturated rings. The molecule has 39 heavy (non-hydrogen) atoms. The highest BCUT2D eigenvalue weighted by Gasteiger charge is 2.80. The molecule has 6 atom stereocenters. The summed E-state index contributed by atoms with van der Waals surface area (Å²) in [5.74, 6) is -2.22. The molecular weight excluding hydrogens is 496 g/mol. The lowest BCUT2D eigenvalue weighted by molar-refractivity contribution is -0.162. The van der Waals surface area contributed by atoms with E-state index in [4.69, 9.17) is 9.47 Å². The maximum Gasteiger partial charge on any atom is 0.312 e. The van der Waals surface area contributed by atoms with Crippen LogP contribution in [-0.2, 0) is 23.9 Å². The number of amides is 2. The molecule has 3 aliphatic heterocycles. The Kier molecular flexibility index (Phi) is 11.2. The van der Waals surface area contributed by atoms with Crippen LogP contribution in [0.25, 0.3) is 0 Å². The number of fused-ring (bicyclic) bond motifs is 1. The van der Waals surface area contributed by atoms with Crippen LogP contribution in [0.5, 0.6) is 0 Å². The molecule has 0 saturated carbocycles. The molecule has 3 aliphatic rings. The van der Waals surface area contributed by atoms with Gasteiger partial charge < -0.3 is 24.4 Å². The number of unbranched alkanes of at least 4 members (excludes halogenated alkanes) is 6. The normalized spacial score (nSPS) is 30.9. The molecule has 3 heterocycles. The molecule has 0 radical (unpaired) electrons. The van der Waals surface area contributed by atoms with E-state index in [2.05, 4.69) is 20.1 Å². The molecule has 1 N–H and O–H groups in total. The van der Waals surface area contributed by atoms with Gasteiger partial charge in [-0.2, -0.15) is 0 Å². The number of aliphatic hydroxyl groups excluding tert-OH is 1. The minimum Gasteiger partial charge on any atom is -0.465 e. The maximum atomic E-state index is 14.3. The second-order valence-electron chi connectivity index (χ2n) is 11.8. The molecule has 8 nitrogen and oxygen atoms in total. The number of hydrogen-bond donors (Lipinski definition) is 1. The Balaban J connectivity index is 1.94. The molecule has 3 saturated heterocycles. The number of nitrogens with zero attached hydrogens (tertiary/aromatic N) is 2. The van der Waals surface area contributed by atoms with Crippen molar-refractivity contribution in [2.75, 3.05) is 32.8 Å². The van der Waals surface area contributed by atoms with Gasteiger partial charge >= 0.3 is 5.97 Å². The van der Waals surface area contributed by atoms with Gasteiger partial charge in [0, 0.05) is 26.2 Å². The van der Waals surface area contributed by atoms with Crippen molar-refractivity contribution >= 4 is 17.8 Å². The first-order valence-corrected chi connectivity index (χ1v) is 15.0. The van der Waals surface area contributed by atoms with Crippen LogP contribution in [0.3, 0.4) is 0 Å². The highest BCUT2D eigenvalue weighted by molar-refractivity contribution is 5.98. The molecule has 0 aromatic heterocycles. The largest absolute Gasteiger partial charge is 0.465 e. The van der Waals surface area contributed by atoms with E-state index in [1.165, 1.54) is 0 Å². The first-order chi connectivity index (χ1) is 18.7. The zero-order valence-electron chi connectivity index (χ0n) is 24.4. The van der Waals surface area contributed by atoms with Crippen molar-refractivity contribution in [2.45, 2.75) is 102 Å². The fourth-order valence-corrected chi connectivity index (χ4v) is 7.01. The highest BCUT2D eigenvalue weighted by Crippen LogP contribution is 2.65. The van der Waals surface area contributed by atoms with Crippen molar-refractivity contribution < 1.29 is 29.0 Å². The Hall–Kier alpha value is -2.19. The van der Waals surface area contributed by atoms with E-state index in [1.54, 1.807) is 15.9 Å². The number of ether oxygens (including phenoxy) is 2. The number of hydrogen-bond acceptors (Lipinski definition) is 6. The van der Waals surface area contributed by atoms with Crippen molar-refractivity contribution in [2.24, 2.45) is 17.8 Å². The Labute approximate surface area is 234 Å². The van der Waals surface area contributed by atoms with Crippen LogP contribution in [0.1, 0.15) is 85.0 Å². The van der Waals surface area contributed by atoms with Gasteiger partial charge in [0.25, 0.3) is 0 Å². The van der Waals surface area contributed by atoms with Crippen molar-refractivity contribution in [3.63, 3.8) is 0 Å². The average molecular weight is 547 g/mol. The van der Waals surface area contributed by atoms with Gasteiger partial charge in [-0.25, -0.2) is 0 Å². The van der Waals surface area contributed by atoms with Gasteiger partial charge in [-0.1, -0.05) is 38.8 Å². The highest BCUT2D eigenvalue weighted by atomic mass is 16.6. The summed E-state index contributed by atoms with van der Waals surface area (Å²) in [6.07, 6.45) is 11.6. The molecule has 0 aliphatic carbocycles. The van der Waals surface area contributed by atoms with Crippen LogP contribution in [0, 0.1) is 17.8 Å². The molecule has 1 spiro atoms. The zero-order valence-corrected chi connectivity index (χ0v) is 24.4. The van der Waals surface area contributed by atoms with Crippen molar-refractivity contribution in [1.29, 1.82) is 0 Å². The standard InChI is InChI=1S/C31H50N2O6/c1-6-9-11-16-21-38-29(37)25-24-27(35)33(19-14-12-15-20-34)26(31(24)22-23(4)30(25,5)39-31)28(36)32(17-8-3)18-13-10-7-2/h6,8,23-26,34H,1,3,7,9-22H2,2,4-5H3/t23?,24-,25+,26?,30-,31?/m0/s1. The van der Waals surface area contributed by atoms with Gasteiger partial charge in [-0.15, -0.1) is 13.2 Å². The van der Waals surface area contributed by atoms with E-state index in [9.17, 15) is 19.5 Å². The maximum absolute atomic E-state index is 14.3. The minimum absolute atomic E-state index is 0.0162. The third kappa shape index (κ3) is 6.12. The van der Waals surface area contributed by atoms with Crippen LogP contribution >= 0.6 is 0 Å². The van der Waals surface area contributed by atoms with E-state index in [0.717, 1.165) is 44.9 Å². The van der Waals surface area contributed by atoms with E-state index in [1.807, 2.05) is 19.9 Å². The summed E-state index contributed by atoms with van der Waals surface area (Å²) in [6.45, 7) is 15.4. The van der Waals surface area contributed by atoms with Crippen LogP contribution in [-0.4, -0.2) is 82.8 Å². The molecular formula is C31H50N2O6. The average Bonchev–Trinajstić information content (AvgIpc) is 3.42. The molecule has 2 amide bonds. The summed E-state index contributed by atoms with van der Waals surface area (Å²) >= 11 is 0. The molecule has 8 heteroatoms. The number of esters is 1. The third-order valence-corrected chi connectivity index (χ3v) is 9.10. The Morgan fingerprint density at radius 1 is 1.15 bits per heavy atom. The molecule has 3 unspecified atom stereocenters. The Morgan fingerprint density at radius 3 is 2.59 bits per heavy atom. The lowest BCUT2D eigenvalue weighted by atomic mass is 9.62. The quantitative estimate of drug-likeness (QED) is 0.157. The summed E-state index contributed by atoms with van der Waals surface area (Å²) < 4.78 is 12.5. The molecule has 0 aromatic carbocycles. The summed E-state index contributed by atoms with van der Waals surface area (Å²) in [7, 11) is 0. The lowest BCUT2D eigenvalue weighted by Gasteiger charge is -2.37. The Morgan fingerprint density at radius 2 is 1.92 bits per heavy atom. The van der Waals surface area contributed by atoms with Crippen molar-refractivity contribution in [3.8, 4) is 0 Å². The fraction of sp³-hybridized carbons (Fsp3) is 0.774. The van der Waals surface area contributed by atoms with E-state index < -0.39 is 35.0 Å². The van der Waals surface area contributed by atoms with Crippen molar-refractivity contribution in [3.05, 3.63) is 25.3 Å².